The van der Waals surface area contributed by atoms with Crippen LogP contribution in [-0.2, 0) is 0 Å². The normalized spacial score (nSPS) is 10.8. The van der Waals surface area contributed by atoms with E-state index in [-0.39, 0.29) is 0 Å². The first-order chi connectivity index (χ1) is 8.85. The smallest absolute Gasteiger partial charge is 0.338 e. The van der Waals surface area contributed by atoms with Crippen LogP contribution in [0.25, 0.3) is 20.2 Å². The van der Waals surface area contributed by atoms with Gasteiger partial charge in [0.25, 0.3) is 0 Å². The second kappa shape index (κ2) is 5.26. The third-order valence-electron chi connectivity index (χ3n) is 3.22. The van der Waals surface area contributed by atoms with E-state index in [1.54, 1.807) is 0 Å². The molecular formula is C14H13Al2NS. The molecule has 0 bridgehead atoms. The van der Waals surface area contributed by atoms with E-state index in [4.69, 9.17) is 0 Å². The molecule has 0 atom stereocenters. The lowest BCUT2D eigenvalue weighted by atomic mass is 10.1. The zero-order valence-electron chi connectivity index (χ0n) is 10.6. The minimum Gasteiger partial charge on any atom is -0.572 e. The molecule has 1 nitrogen and oxygen atoms in total. The van der Waals surface area contributed by atoms with Crippen molar-refractivity contribution in [2.45, 2.75) is 11.6 Å². The molecule has 0 spiro atoms. The molecule has 0 aliphatic rings. The van der Waals surface area contributed by atoms with Gasteiger partial charge in [-0.1, -0.05) is 35.8 Å². The van der Waals surface area contributed by atoms with Crippen molar-refractivity contribution in [3.63, 3.8) is 0 Å². The van der Waals surface area contributed by atoms with Gasteiger partial charge in [0, 0.05) is 20.2 Å². The molecule has 0 N–H and O–H groups in total. The van der Waals surface area contributed by atoms with E-state index in [1.165, 1.54) is 25.9 Å². The van der Waals surface area contributed by atoms with E-state index < -0.39 is 0 Å². The Balaban J connectivity index is 2.38. The summed E-state index contributed by atoms with van der Waals surface area (Å²) in [6.07, 6.45) is 0. The van der Waals surface area contributed by atoms with Gasteiger partial charge >= 0.3 is 30.9 Å². The summed E-state index contributed by atoms with van der Waals surface area (Å²) in [6.45, 7) is 0. The molecule has 4 heteroatoms. The average Bonchev–Trinajstić information content (AvgIpc) is 2.79. The van der Waals surface area contributed by atoms with Gasteiger partial charge in [-0.05, 0) is 23.9 Å². The zero-order valence-corrected chi connectivity index (χ0v) is 13.7. The largest absolute Gasteiger partial charge is 0.572 e. The highest BCUT2D eigenvalue weighted by atomic mass is 32.1. The molecule has 86 valence electrons. The molecule has 3 rings (SSSR count). The van der Waals surface area contributed by atoms with Crippen molar-refractivity contribution in [2.24, 2.45) is 0 Å². The molecule has 3 aromatic rings. The third kappa shape index (κ3) is 1.99. The lowest BCUT2D eigenvalue weighted by Gasteiger charge is -2.24. The van der Waals surface area contributed by atoms with Crippen molar-refractivity contribution in [3.8, 4) is 0 Å². The molecule has 0 aliphatic carbocycles. The van der Waals surface area contributed by atoms with Gasteiger partial charge in [0.05, 0.1) is 0 Å². The number of hydrogen-bond donors (Lipinski definition) is 0. The molecular weight excluding hydrogens is 268 g/mol. The molecule has 2 radical (unpaired) electrons. The molecule has 2 aromatic carbocycles. The summed E-state index contributed by atoms with van der Waals surface area (Å²) in [7, 11) is 0. The van der Waals surface area contributed by atoms with Crippen LogP contribution in [0.5, 0.6) is 0 Å². The quantitative estimate of drug-likeness (QED) is 0.650. The monoisotopic (exact) mass is 281 g/mol. The summed E-state index contributed by atoms with van der Waals surface area (Å²) in [6, 6.07) is 15.5. The van der Waals surface area contributed by atoms with Crippen molar-refractivity contribution in [3.05, 3.63) is 42.5 Å². The molecule has 0 saturated carbocycles. The van der Waals surface area contributed by atoms with Gasteiger partial charge in [0.1, 0.15) is 0 Å². The number of anilines is 1. The number of nitrogens with zero attached hydrogens (tertiary/aromatic N) is 1. The number of fused-ring (bicyclic) bond motifs is 3. The molecule has 1 aromatic heterocycles. The number of benzene rings is 2. The van der Waals surface area contributed by atoms with E-state index in [2.05, 4.69) is 56.9 Å². The fourth-order valence-electron chi connectivity index (χ4n) is 2.40. The Labute approximate surface area is 124 Å². The van der Waals surface area contributed by atoms with E-state index in [9.17, 15) is 0 Å². The van der Waals surface area contributed by atoms with Gasteiger partial charge in [-0.3, -0.25) is 0 Å². The van der Waals surface area contributed by atoms with Crippen molar-refractivity contribution in [1.29, 1.82) is 0 Å². The fourth-order valence-corrected chi connectivity index (χ4v) is 5.70. The minimum atomic E-state index is 0.360. The van der Waals surface area contributed by atoms with Crippen LogP contribution < -0.4 is 2.87 Å². The summed E-state index contributed by atoms with van der Waals surface area (Å²) >= 11 is 2.63. The molecule has 0 aliphatic heterocycles. The van der Waals surface area contributed by atoms with Crippen LogP contribution >= 0.6 is 11.3 Å². The van der Waals surface area contributed by atoms with Crippen LogP contribution in [0, 0.1) is 0 Å². The van der Waals surface area contributed by atoms with Gasteiger partial charge < -0.3 is 2.87 Å². The van der Waals surface area contributed by atoms with Crippen molar-refractivity contribution in [2.75, 3.05) is 2.87 Å². The van der Waals surface area contributed by atoms with E-state index in [0.717, 1.165) is 0 Å². The third-order valence-corrected chi connectivity index (χ3v) is 7.81. The Kier molecular flexibility index (Phi) is 3.67. The van der Waals surface area contributed by atoms with E-state index in [0.29, 0.717) is 30.9 Å². The highest BCUT2D eigenvalue weighted by molar-refractivity contribution is 7.26. The van der Waals surface area contributed by atoms with Gasteiger partial charge in [0.15, 0.2) is 0 Å². The lowest BCUT2D eigenvalue weighted by Crippen LogP contribution is -2.27. The second-order valence-corrected chi connectivity index (χ2v) is 8.00. The fraction of sp³-hybridized carbons (Fsp3) is 0.143. The molecule has 18 heavy (non-hydrogen) atoms. The first kappa shape index (κ1) is 12.6. The Morgan fingerprint density at radius 1 is 0.889 bits per heavy atom. The van der Waals surface area contributed by atoms with Crippen molar-refractivity contribution >= 4 is 68.1 Å². The summed E-state index contributed by atoms with van der Waals surface area (Å²) in [5.41, 5.74) is 1.44. The Bertz CT molecular complexity index is 688. The zero-order chi connectivity index (χ0) is 12.5. The van der Waals surface area contributed by atoms with Crippen LogP contribution in [0.4, 0.5) is 5.69 Å². The van der Waals surface area contributed by atoms with Crippen LogP contribution in [0.1, 0.15) is 0 Å². The summed E-state index contributed by atoms with van der Waals surface area (Å²) < 4.78 is 5.41. The molecule has 0 fully saturated rings. The van der Waals surface area contributed by atoms with Crippen LogP contribution in [0.3, 0.4) is 0 Å². The predicted molar refractivity (Wildman–Crippen MR) is 85.0 cm³/mol. The van der Waals surface area contributed by atoms with Gasteiger partial charge in [-0.2, -0.15) is 0 Å². The molecule has 0 unspecified atom stereocenters. The van der Waals surface area contributed by atoms with Gasteiger partial charge in [-0.15, -0.1) is 11.3 Å². The molecule has 0 amide bonds. The number of thiophene rings is 1. The van der Waals surface area contributed by atoms with E-state index in [1.807, 2.05) is 11.3 Å². The van der Waals surface area contributed by atoms with Gasteiger partial charge in [0.2, 0.25) is 0 Å². The standard InChI is InChI=1S/C12H7NS.2CH3.2Al/c13-9-5-3-7-11-12(9)8-4-1-2-6-10(8)14-11;;;;/h1-7H;2*1H3;;. The molecule has 0 saturated heterocycles. The lowest BCUT2D eigenvalue weighted by molar-refractivity contribution is 1.58. The van der Waals surface area contributed by atoms with Crippen LogP contribution in [0.15, 0.2) is 42.5 Å². The van der Waals surface area contributed by atoms with Crippen molar-refractivity contribution in [1.82, 2.24) is 0 Å². The maximum absolute atomic E-state index is 2.60. The summed E-state index contributed by atoms with van der Waals surface area (Å²) in [5, 5.41) is 2.88. The van der Waals surface area contributed by atoms with E-state index >= 15 is 0 Å². The summed E-state index contributed by atoms with van der Waals surface area (Å²) in [4.78, 5) is 0. The number of rotatable bonds is 3. The SMILES string of the molecule is [CH3][Al][N]([Al][CH3])c1cccc2sc3ccccc3c12. The number of hydrogen-bond acceptors (Lipinski definition) is 2. The highest BCUT2D eigenvalue weighted by Crippen LogP contribution is 2.39. The van der Waals surface area contributed by atoms with Crippen LogP contribution in [0.2, 0.25) is 11.6 Å². The Hall–Kier alpha value is -0.475. The summed E-state index contributed by atoms with van der Waals surface area (Å²) in [5.74, 6) is 4.65. The first-order valence-corrected chi connectivity index (χ1v) is 10.3. The topological polar surface area (TPSA) is 3.24 Å². The predicted octanol–water partition coefficient (Wildman–Crippen LogP) is 4.20. The van der Waals surface area contributed by atoms with Gasteiger partial charge in [-0.25, -0.2) is 0 Å². The molecule has 1 heterocycles. The van der Waals surface area contributed by atoms with Crippen molar-refractivity contribution < 1.29 is 0 Å². The first-order valence-electron chi connectivity index (χ1n) is 6.12. The Morgan fingerprint density at radius 2 is 1.61 bits per heavy atom. The maximum Gasteiger partial charge on any atom is 0.338 e. The minimum absolute atomic E-state index is 0.360. The highest BCUT2D eigenvalue weighted by Gasteiger charge is 2.12. The second-order valence-electron chi connectivity index (χ2n) is 4.17. The average molecular weight is 281 g/mol. The Morgan fingerprint density at radius 3 is 2.39 bits per heavy atom. The van der Waals surface area contributed by atoms with Crippen LogP contribution in [-0.4, -0.2) is 30.9 Å². The maximum atomic E-state index is 2.60.